The van der Waals surface area contributed by atoms with Gasteiger partial charge < -0.3 is 15.2 Å². The van der Waals surface area contributed by atoms with Gasteiger partial charge >= 0.3 is 0 Å². The normalized spacial score (nSPS) is 16.0. The number of hydrogen-bond acceptors (Lipinski definition) is 3. The second kappa shape index (κ2) is 6.92. The Bertz CT molecular complexity index is 938. The quantitative estimate of drug-likeness (QED) is 0.785. The molecule has 0 radical (unpaired) electrons. The standard InChI is InChI=1S/C21H24N4O/c1-15(22)16-6-5-7-19(13-16)25-11-8-17-12-18(14-23-20(17)25)21(26)24-9-3-2-4-10-24/h5-8,11-15H,2-4,9-10,22H2,1H3. The first-order valence-electron chi connectivity index (χ1n) is 9.26. The van der Waals surface area contributed by atoms with Crippen LogP contribution in [0.15, 0.2) is 48.8 Å². The summed E-state index contributed by atoms with van der Waals surface area (Å²) in [4.78, 5) is 19.2. The van der Waals surface area contributed by atoms with Crippen molar-refractivity contribution >= 4 is 16.9 Å². The fourth-order valence-electron chi connectivity index (χ4n) is 3.59. The first-order chi connectivity index (χ1) is 12.6. The van der Waals surface area contributed by atoms with Crippen molar-refractivity contribution < 1.29 is 4.79 Å². The van der Waals surface area contributed by atoms with Crippen molar-refractivity contribution in [3.05, 3.63) is 59.9 Å². The van der Waals surface area contributed by atoms with Gasteiger partial charge in [0.15, 0.2) is 0 Å². The van der Waals surface area contributed by atoms with E-state index in [1.165, 1.54) is 6.42 Å². The van der Waals surface area contributed by atoms with Gasteiger partial charge in [0, 0.05) is 42.6 Å². The summed E-state index contributed by atoms with van der Waals surface area (Å²) in [6.45, 7) is 3.67. The summed E-state index contributed by atoms with van der Waals surface area (Å²) in [7, 11) is 0. The number of pyridine rings is 1. The first kappa shape index (κ1) is 16.8. The number of aromatic nitrogens is 2. The van der Waals surface area contributed by atoms with Crippen LogP contribution in [-0.2, 0) is 0 Å². The van der Waals surface area contributed by atoms with E-state index in [0.29, 0.717) is 5.56 Å². The monoisotopic (exact) mass is 348 g/mol. The number of nitrogens with zero attached hydrogens (tertiary/aromatic N) is 3. The number of rotatable bonds is 3. The summed E-state index contributed by atoms with van der Waals surface area (Å²) < 4.78 is 2.04. The van der Waals surface area contributed by atoms with Gasteiger partial charge in [-0.15, -0.1) is 0 Å². The second-order valence-electron chi connectivity index (χ2n) is 7.06. The predicted octanol–water partition coefficient (Wildman–Crippen LogP) is 3.67. The molecule has 1 atom stereocenters. The highest BCUT2D eigenvalue weighted by Crippen LogP contribution is 2.23. The summed E-state index contributed by atoms with van der Waals surface area (Å²) in [5.74, 6) is 0.0887. The second-order valence-corrected chi connectivity index (χ2v) is 7.06. The number of fused-ring (bicyclic) bond motifs is 1. The lowest BCUT2D eigenvalue weighted by molar-refractivity contribution is 0.0724. The van der Waals surface area contributed by atoms with Gasteiger partial charge in [-0.25, -0.2) is 4.98 Å². The van der Waals surface area contributed by atoms with Gasteiger partial charge in [-0.05, 0) is 56.0 Å². The van der Waals surface area contributed by atoms with Crippen molar-refractivity contribution in [1.82, 2.24) is 14.5 Å². The average molecular weight is 348 g/mol. The third-order valence-electron chi connectivity index (χ3n) is 5.09. The number of benzene rings is 1. The molecule has 0 aliphatic carbocycles. The Hall–Kier alpha value is -2.66. The molecule has 1 aliphatic heterocycles. The van der Waals surface area contributed by atoms with Crippen molar-refractivity contribution in [2.24, 2.45) is 5.73 Å². The Morgan fingerprint density at radius 2 is 1.96 bits per heavy atom. The topological polar surface area (TPSA) is 64.2 Å². The zero-order chi connectivity index (χ0) is 18.1. The van der Waals surface area contributed by atoms with Crippen LogP contribution >= 0.6 is 0 Å². The number of amides is 1. The Kier molecular flexibility index (Phi) is 4.47. The summed E-state index contributed by atoms with van der Waals surface area (Å²) in [6, 6.07) is 12.1. The molecule has 5 heteroatoms. The van der Waals surface area contributed by atoms with E-state index in [9.17, 15) is 4.79 Å². The van der Waals surface area contributed by atoms with Crippen LogP contribution in [0.5, 0.6) is 0 Å². The molecule has 0 spiro atoms. The molecule has 1 aromatic carbocycles. The highest BCUT2D eigenvalue weighted by Gasteiger charge is 2.19. The van der Waals surface area contributed by atoms with Crippen LogP contribution in [0, 0.1) is 0 Å². The number of nitrogens with two attached hydrogens (primary N) is 1. The minimum absolute atomic E-state index is 0.0153. The highest BCUT2D eigenvalue weighted by molar-refractivity contribution is 5.97. The van der Waals surface area contributed by atoms with Crippen molar-refractivity contribution in [3.8, 4) is 5.69 Å². The van der Waals surface area contributed by atoms with Crippen molar-refractivity contribution in [1.29, 1.82) is 0 Å². The molecule has 1 fully saturated rings. The van der Waals surface area contributed by atoms with E-state index in [-0.39, 0.29) is 11.9 Å². The predicted molar refractivity (Wildman–Crippen MR) is 103 cm³/mol. The molecular formula is C21H24N4O. The molecule has 0 saturated carbocycles. The van der Waals surface area contributed by atoms with Gasteiger partial charge in [-0.2, -0.15) is 0 Å². The largest absolute Gasteiger partial charge is 0.339 e. The molecule has 1 amide bonds. The van der Waals surface area contributed by atoms with Crippen LogP contribution in [0.1, 0.15) is 48.1 Å². The molecule has 3 aromatic rings. The molecule has 26 heavy (non-hydrogen) atoms. The van der Waals surface area contributed by atoms with Crippen molar-refractivity contribution in [3.63, 3.8) is 0 Å². The summed E-state index contributed by atoms with van der Waals surface area (Å²) in [5.41, 5.74) is 9.63. The number of piperidine rings is 1. The average Bonchev–Trinajstić information content (AvgIpc) is 3.11. The maximum absolute atomic E-state index is 12.7. The van der Waals surface area contributed by atoms with E-state index in [1.807, 2.05) is 52.9 Å². The van der Waals surface area contributed by atoms with Gasteiger partial charge in [0.1, 0.15) is 5.65 Å². The van der Waals surface area contributed by atoms with Crippen LogP contribution in [-0.4, -0.2) is 33.4 Å². The number of carbonyl (C=O) groups excluding carboxylic acids is 1. The van der Waals surface area contributed by atoms with E-state index < -0.39 is 0 Å². The minimum Gasteiger partial charge on any atom is -0.339 e. The van der Waals surface area contributed by atoms with Gasteiger partial charge in [-0.3, -0.25) is 4.79 Å². The molecule has 2 aromatic heterocycles. The van der Waals surface area contributed by atoms with Crippen molar-refractivity contribution in [2.45, 2.75) is 32.2 Å². The van der Waals surface area contributed by atoms with E-state index in [1.54, 1.807) is 6.20 Å². The summed E-state index contributed by atoms with van der Waals surface area (Å²) >= 11 is 0. The number of hydrogen-bond donors (Lipinski definition) is 1. The Labute approximate surface area is 153 Å². The number of carbonyl (C=O) groups is 1. The minimum atomic E-state index is -0.0153. The number of likely N-dealkylation sites (tertiary alicyclic amines) is 1. The highest BCUT2D eigenvalue weighted by atomic mass is 16.2. The third kappa shape index (κ3) is 3.10. The molecule has 5 nitrogen and oxygen atoms in total. The Morgan fingerprint density at radius 3 is 2.73 bits per heavy atom. The maximum atomic E-state index is 12.7. The summed E-state index contributed by atoms with van der Waals surface area (Å²) in [6.07, 6.45) is 7.09. The third-order valence-corrected chi connectivity index (χ3v) is 5.09. The van der Waals surface area contributed by atoms with Crippen LogP contribution in [0.2, 0.25) is 0 Å². The lowest BCUT2D eigenvalue weighted by Crippen LogP contribution is -2.35. The maximum Gasteiger partial charge on any atom is 0.255 e. The van der Waals surface area contributed by atoms with E-state index in [0.717, 1.165) is 48.2 Å². The van der Waals surface area contributed by atoms with E-state index in [2.05, 4.69) is 11.1 Å². The van der Waals surface area contributed by atoms with E-state index >= 15 is 0 Å². The summed E-state index contributed by atoms with van der Waals surface area (Å²) in [5, 5.41) is 0.971. The molecule has 1 saturated heterocycles. The zero-order valence-electron chi connectivity index (χ0n) is 15.1. The zero-order valence-corrected chi connectivity index (χ0v) is 15.1. The van der Waals surface area contributed by atoms with Gasteiger partial charge in [0.25, 0.3) is 5.91 Å². The molecule has 134 valence electrons. The smallest absolute Gasteiger partial charge is 0.255 e. The Morgan fingerprint density at radius 1 is 1.15 bits per heavy atom. The molecule has 3 heterocycles. The van der Waals surface area contributed by atoms with Crippen LogP contribution in [0.3, 0.4) is 0 Å². The first-order valence-corrected chi connectivity index (χ1v) is 9.26. The van der Waals surface area contributed by atoms with Crippen molar-refractivity contribution in [2.75, 3.05) is 13.1 Å². The molecule has 0 bridgehead atoms. The SMILES string of the molecule is CC(N)c1cccc(-n2ccc3cc(C(=O)N4CCCCC4)cnc32)c1. The van der Waals surface area contributed by atoms with Crippen LogP contribution in [0.4, 0.5) is 0 Å². The van der Waals surface area contributed by atoms with Gasteiger partial charge in [0.05, 0.1) is 5.56 Å². The molecule has 2 N–H and O–H groups in total. The molecule has 1 unspecified atom stereocenters. The fourth-order valence-corrected chi connectivity index (χ4v) is 3.59. The Balaban J connectivity index is 1.67. The lowest BCUT2D eigenvalue weighted by Gasteiger charge is -2.26. The fraction of sp³-hybridized carbons (Fsp3) is 0.333. The molecule has 4 rings (SSSR count). The van der Waals surface area contributed by atoms with E-state index in [4.69, 9.17) is 5.73 Å². The molecule has 1 aliphatic rings. The lowest BCUT2D eigenvalue weighted by atomic mass is 10.1. The van der Waals surface area contributed by atoms with Gasteiger partial charge in [-0.1, -0.05) is 12.1 Å². The molecular weight excluding hydrogens is 324 g/mol. The van der Waals surface area contributed by atoms with Crippen LogP contribution < -0.4 is 5.73 Å². The van der Waals surface area contributed by atoms with Gasteiger partial charge in [0.2, 0.25) is 0 Å². The van der Waals surface area contributed by atoms with Crippen LogP contribution in [0.25, 0.3) is 16.7 Å².